The van der Waals surface area contributed by atoms with E-state index in [1.54, 1.807) is 6.92 Å². The molecule has 104 valence electrons. The molecule has 0 aliphatic heterocycles. The molecule has 0 saturated carbocycles. The second-order valence-corrected chi connectivity index (χ2v) is 4.16. The lowest BCUT2D eigenvalue weighted by Gasteiger charge is -2.16. The summed E-state index contributed by atoms with van der Waals surface area (Å²) in [5, 5.41) is 18.2. The lowest BCUT2D eigenvalue weighted by atomic mass is 9.81. The molecule has 2 aromatic rings. The Balaban J connectivity index is 2.25. The van der Waals surface area contributed by atoms with E-state index < -0.39 is 19.0 Å². The average molecular weight is 277 g/mol. The molecular formula is C12H13BFN3O3. The molecule has 0 amide bonds. The highest BCUT2D eigenvalue weighted by atomic mass is 19.1. The van der Waals surface area contributed by atoms with Gasteiger partial charge in [0.25, 0.3) is 0 Å². The maximum Gasteiger partial charge on any atom is 0.490 e. The number of ether oxygens (including phenoxy) is 1. The predicted molar refractivity (Wildman–Crippen MR) is 71.7 cm³/mol. The van der Waals surface area contributed by atoms with Crippen molar-refractivity contribution in [3.8, 4) is 5.75 Å². The van der Waals surface area contributed by atoms with Crippen LogP contribution < -0.4 is 15.9 Å². The molecule has 0 spiro atoms. The van der Waals surface area contributed by atoms with Gasteiger partial charge in [-0.15, -0.1) is 0 Å². The van der Waals surface area contributed by atoms with Crippen LogP contribution in [0.4, 0.5) is 10.2 Å². The number of hydrogen-bond donors (Lipinski definition) is 3. The maximum atomic E-state index is 13.6. The van der Waals surface area contributed by atoms with Gasteiger partial charge in [-0.3, -0.25) is 4.98 Å². The summed E-state index contributed by atoms with van der Waals surface area (Å²) >= 11 is 0. The van der Waals surface area contributed by atoms with Gasteiger partial charge in [0, 0.05) is 17.9 Å². The highest BCUT2D eigenvalue weighted by molar-refractivity contribution is 6.58. The summed E-state index contributed by atoms with van der Waals surface area (Å²) in [5.74, 6) is -0.296. The molecule has 0 aromatic carbocycles. The first-order valence-electron chi connectivity index (χ1n) is 5.87. The number of halogens is 1. The summed E-state index contributed by atoms with van der Waals surface area (Å²) in [6.45, 7) is 1.60. The van der Waals surface area contributed by atoms with Crippen molar-refractivity contribution >= 4 is 18.4 Å². The van der Waals surface area contributed by atoms with Crippen LogP contribution in [0, 0.1) is 5.82 Å². The quantitative estimate of drug-likeness (QED) is 0.681. The van der Waals surface area contributed by atoms with E-state index in [1.165, 1.54) is 30.6 Å². The van der Waals surface area contributed by atoms with Crippen molar-refractivity contribution in [1.29, 1.82) is 0 Å². The molecule has 0 saturated heterocycles. The molecule has 2 rings (SSSR count). The topological polar surface area (TPSA) is 101 Å². The number of nitrogen functional groups attached to an aromatic ring is 1. The van der Waals surface area contributed by atoms with Crippen LogP contribution in [0.3, 0.4) is 0 Å². The third kappa shape index (κ3) is 3.04. The monoisotopic (exact) mass is 277 g/mol. The first kappa shape index (κ1) is 14.2. The summed E-state index contributed by atoms with van der Waals surface area (Å²) < 4.78 is 19.1. The molecule has 0 fully saturated rings. The Kier molecular flexibility index (Phi) is 4.16. The van der Waals surface area contributed by atoms with Gasteiger partial charge in [0.2, 0.25) is 0 Å². The Bertz CT molecular complexity index is 612. The summed E-state index contributed by atoms with van der Waals surface area (Å²) in [6.07, 6.45) is 1.97. The molecule has 0 radical (unpaired) electrons. The second-order valence-electron chi connectivity index (χ2n) is 4.16. The Hall–Kier alpha value is -2.19. The maximum absolute atomic E-state index is 13.6. The van der Waals surface area contributed by atoms with Crippen LogP contribution in [0.2, 0.25) is 0 Å². The van der Waals surface area contributed by atoms with E-state index >= 15 is 0 Å². The first-order valence-corrected chi connectivity index (χ1v) is 5.87. The highest BCUT2D eigenvalue weighted by Crippen LogP contribution is 2.24. The van der Waals surface area contributed by atoms with Crippen LogP contribution >= 0.6 is 0 Å². The third-order valence-electron chi connectivity index (χ3n) is 2.68. The molecule has 1 atom stereocenters. The molecule has 2 aromatic heterocycles. The van der Waals surface area contributed by atoms with Crippen LogP contribution in [0.25, 0.3) is 0 Å². The largest absolute Gasteiger partial charge is 0.490 e. The number of hydrogen-bond acceptors (Lipinski definition) is 6. The summed E-state index contributed by atoms with van der Waals surface area (Å²) in [4.78, 5) is 7.69. The van der Waals surface area contributed by atoms with Gasteiger partial charge in [-0.2, -0.15) is 0 Å². The predicted octanol–water partition coefficient (Wildman–Crippen LogP) is 0.0177. The SMILES string of the molecule is CC(Oc1cc(B(O)O)cnc1N)c1ncccc1F. The third-order valence-corrected chi connectivity index (χ3v) is 2.68. The molecule has 0 bridgehead atoms. The van der Waals surface area contributed by atoms with Crippen molar-refractivity contribution in [2.24, 2.45) is 0 Å². The second kappa shape index (κ2) is 5.85. The average Bonchev–Trinajstić information content (AvgIpc) is 2.41. The standard InChI is InChI=1S/C12H13BFN3O3/c1-7(11-9(14)3-2-4-16-11)20-10-5-8(13(18)19)6-17-12(10)15/h2-7,18-19H,1H3,(H2,15,17). The Labute approximate surface area is 115 Å². The van der Waals surface area contributed by atoms with Gasteiger partial charge in [-0.1, -0.05) is 0 Å². The minimum absolute atomic E-state index is 0.0672. The van der Waals surface area contributed by atoms with Crippen LogP contribution in [-0.2, 0) is 0 Å². The number of aromatic nitrogens is 2. The van der Waals surface area contributed by atoms with Gasteiger partial charge >= 0.3 is 7.12 Å². The number of rotatable bonds is 4. The van der Waals surface area contributed by atoms with E-state index in [1.807, 2.05) is 0 Å². The van der Waals surface area contributed by atoms with Crippen molar-refractivity contribution in [2.75, 3.05) is 5.73 Å². The van der Waals surface area contributed by atoms with E-state index in [0.717, 1.165) is 0 Å². The fourth-order valence-corrected chi connectivity index (χ4v) is 1.65. The zero-order valence-corrected chi connectivity index (χ0v) is 10.7. The Morgan fingerprint density at radius 3 is 2.80 bits per heavy atom. The smallest absolute Gasteiger partial charge is 0.480 e. The van der Waals surface area contributed by atoms with Gasteiger partial charge in [-0.25, -0.2) is 9.37 Å². The van der Waals surface area contributed by atoms with Crippen molar-refractivity contribution in [3.05, 3.63) is 42.1 Å². The van der Waals surface area contributed by atoms with E-state index in [2.05, 4.69) is 9.97 Å². The van der Waals surface area contributed by atoms with E-state index in [4.69, 9.17) is 20.5 Å². The van der Waals surface area contributed by atoms with Crippen molar-refractivity contribution in [2.45, 2.75) is 13.0 Å². The molecule has 0 aliphatic carbocycles. The van der Waals surface area contributed by atoms with Crippen LogP contribution in [-0.4, -0.2) is 27.1 Å². The minimum Gasteiger partial charge on any atom is -0.480 e. The summed E-state index contributed by atoms with van der Waals surface area (Å²) in [5.41, 5.74) is 5.89. The van der Waals surface area contributed by atoms with Gasteiger partial charge in [-0.05, 0) is 25.1 Å². The van der Waals surface area contributed by atoms with Gasteiger partial charge in [0.05, 0.1) is 0 Å². The lowest BCUT2D eigenvalue weighted by Crippen LogP contribution is -2.30. The van der Waals surface area contributed by atoms with Crippen molar-refractivity contribution in [3.63, 3.8) is 0 Å². The van der Waals surface area contributed by atoms with Crippen molar-refractivity contribution in [1.82, 2.24) is 9.97 Å². The molecule has 0 aliphatic rings. The van der Waals surface area contributed by atoms with Crippen molar-refractivity contribution < 1.29 is 19.2 Å². The van der Waals surface area contributed by atoms with E-state index in [0.29, 0.717) is 0 Å². The number of pyridine rings is 2. The fraction of sp³-hybridized carbons (Fsp3) is 0.167. The van der Waals surface area contributed by atoms with Crippen LogP contribution in [0.5, 0.6) is 5.75 Å². The molecule has 8 heteroatoms. The first-order chi connectivity index (χ1) is 9.49. The van der Waals surface area contributed by atoms with Crippen LogP contribution in [0.1, 0.15) is 18.7 Å². The zero-order chi connectivity index (χ0) is 14.7. The van der Waals surface area contributed by atoms with E-state index in [-0.39, 0.29) is 22.7 Å². The van der Waals surface area contributed by atoms with Gasteiger partial charge in [0.1, 0.15) is 17.6 Å². The number of anilines is 1. The van der Waals surface area contributed by atoms with E-state index in [9.17, 15) is 4.39 Å². The molecular weight excluding hydrogens is 264 g/mol. The number of nitrogens with zero attached hydrogens (tertiary/aromatic N) is 2. The van der Waals surface area contributed by atoms with Crippen LogP contribution in [0.15, 0.2) is 30.6 Å². The fourth-order valence-electron chi connectivity index (χ4n) is 1.65. The summed E-state index contributed by atoms with van der Waals surface area (Å²) in [7, 11) is -1.69. The molecule has 1 unspecified atom stereocenters. The minimum atomic E-state index is -1.69. The molecule has 4 N–H and O–H groups in total. The molecule has 20 heavy (non-hydrogen) atoms. The van der Waals surface area contributed by atoms with Gasteiger partial charge in [0.15, 0.2) is 11.6 Å². The Morgan fingerprint density at radius 2 is 2.15 bits per heavy atom. The highest BCUT2D eigenvalue weighted by Gasteiger charge is 2.18. The summed E-state index contributed by atoms with van der Waals surface area (Å²) in [6, 6.07) is 4.09. The lowest BCUT2D eigenvalue weighted by molar-refractivity contribution is 0.216. The molecule has 6 nitrogen and oxygen atoms in total. The zero-order valence-electron chi connectivity index (χ0n) is 10.7. The molecule has 2 heterocycles. The van der Waals surface area contributed by atoms with Gasteiger partial charge < -0.3 is 20.5 Å². The normalized spacial score (nSPS) is 12.0. The Morgan fingerprint density at radius 1 is 1.40 bits per heavy atom. The number of nitrogens with two attached hydrogens (primary N) is 1.